The number of carbonyl (C=O) groups excluding carboxylic acids is 1. The van der Waals surface area contributed by atoms with Crippen molar-refractivity contribution in [3.05, 3.63) is 23.0 Å². The number of rotatable bonds is 4. The van der Waals surface area contributed by atoms with Crippen LogP contribution in [0.25, 0.3) is 0 Å². The van der Waals surface area contributed by atoms with Crippen molar-refractivity contribution in [3.63, 3.8) is 0 Å². The third kappa shape index (κ3) is 3.00. The van der Waals surface area contributed by atoms with E-state index >= 15 is 0 Å². The molecule has 1 N–H and O–H groups in total. The Balaban J connectivity index is 1.99. The first-order chi connectivity index (χ1) is 9.00. The molecule has 1 aliphatic rings. The van der Waals surface area contributed by atoms with Gasteiger partial charge in [-0.05, 0) is 52.2 Å². The van der Waals surface area contributed by atoms with E-state index in [1.807, 2.05) is 0 Å². The quantitative estimate of drug-likeness (QED) is 0.908. The highest BCUT2D eigenvalue weighted by atomic mass is 16.5. The molecule has 0 radical (unpaired) electrons. The standard InChI is InChI=1S/C15H24N2O2/c1-10(2)17-11(3)8-13(12(17)4)9-16-15(18)14-6-5-7-19-14/h8,10,14H,5-7,9H2,1-4H3,(H,16,18). The van der Waals surface area contributed by atoms with E-state index in [9.17, 15) is 4.79 Å². The van der Waals surface area contributed by atoms with Gasteiger partial charge in [0, 0.05) is 30.6 Å². The number of aryl methyl sites for hydroxylation is 1. The van der Waals surface area contributed by atoms with Crippen molar-refractivity contribution in [1.29, 1.82) is 0 Å². The summed E-state index contributed by atoms with van der Waals surface area (Å²) in [4.78, 5) is 11.9. The summed E-state index contributed by atoms with van der Waals surface area (Å²) in [6.07, 6.45) is 1.59. The number of hydrogen-bond donors (Lipinski definition) is 1. The average molecular weight is 264 g/mol. The van der Waals surface area contributed by atoms with Crippen molar-refractivity contribution in [2.45, 2.75) is 59.2 Å². The first-order valence-corrected chi connectivity index (χ1v) is 7.07. The van der Waals surface area contributed by atoms with Crippen molar-refractivity contribution in [3.8, 4) is 0 Å². The minimum atomic E-state index is -0.242. The molecule has 2 heterocycles. The number of nitrogens with zero attached hydrogens (tertiary/aromatic N) is 1. The second-order valence-electron chi connectivity index (χ2n) is 5.58. The van der Waals surface area contributed by atoms with Crippen molar-refractivity contribution in [1.82, 2.24) is 9.88 Å². The molecule has 0 aromatic carbocycles. The van der Waals surface area contributed by atoms with Crippen LogP contribution in [-0.4, -0.2) is 23.2 Å². The fourth-order valence-electron chi connectivity index (χ4n) is 2.90. The fourth-order valence-corrected chi connectivity index (χ4v) is 2.90. The number of ether oxygens (including phenoxy) is 1. The highest BCUT2D eigenvalue weighted by molar-refractivity contribution is 5.80. The second-order valence-corrected chi connectivity index (χ2v) is 5.58. The Morgan fingerprint density at radius 2 is 2.26 bits per heavy atom. The number of aromatic nitrogens is 1. The molecule has 1 aliphatic heterocycles. The molecule has 1 saturated heterocycles. The molecule has 0 bridgehead atoms. The van der Waals surface area contributed by atoms with E-state index in [1.165, 1.54) is 17.0 Å². The van der Waals surface area contributed by atoms with Crippen LogP contribution in [0.15, 0.2) is 6.07 Å². The molecule has 0 aliphatic carbocycles. The first-order valence-electron chi connectivity index (χ1n) is 7.07. The predicted octanol–water partition coefficient (Wildman–Crippen LogP) is 2.48. The molecule has 1 aromatic rings. The van der Waals surface area contributed by atoms with Crippen LogP contribution in [0.5, 0.6) is 0 Å². The van der Waals surface area contributed by atoms with Crippen molar-refractivity contribution >= 4 is 5.91 Å². The van der Waals surface area contributed by atoms with Gasteiger partial charge in [0.2, 0.25) is 5.91 Å². The summed E-state index contributed by atoms with van der Waals surface area (Å²) in [5, 5.41) is 2.98. The minimum Gasteiger partial charge on any atom is -0.368 e. The van der Waals surface area contributed by atoms with Crippen LogP contribution in [-0.2, 0) is 16.1 Å². The lowest BCUT2D eigenvalue weighted by atomic mass is 10.2. The first kappa shape index (κ1) is 14.1. The molecular formula is C15H24N2O2. The van der Waals surface area contributed by atoms with E-state index in [1.54, 1.807) is 0 Å². The van der Waals surface area contributed by atoms with Crippen molar-refractivity contribution < 1.29 is 9.53 Å². The van der Waals surface area contributed by atoms with Crippen molar-refractivity contribution in [2.24, 2.45) is 0 Å². The maximum Gasteiger partial charge on any atom is 0.249 e. The monoisotopic (exact) mass is 264 g/mol. The van der Waals surface area contributed by atoms with Crippen LogP contribution in [0.2, 0.25) is 0 Å². The van der Waals surface area contributed by atoms with Crippen LogP contribution >= 0.6 is 0 Å². The van der Waals surface area contributed by atoms with E-state index in [0.29, 0.717) is 19.2 Å². The lowest BCUT2D eigenvalue weighted by molar-refractivity contribution is -0.130. The summed E-state index contributed by atoms with van der Waals surface area (Å²) >= 11 is 0. The number of carbonyl (C=O) groups is 1. The molecule has 1 atom stereocenters. The summed E-state index contributed by atoms with van der Waals surface area (Å²) in [5.74, 6) is 0.0202. The molecule has 0 spiro atoms. The largest absolute Gasteiger partial charge is 0.368 e. The molecular weight excluding hydrogens is 240 g/mol. The zero-order chi connectivity index (χ0) is 14.0. The molecule has 0 saturated carbocycles. The number of amides is 1. The van der Waals surface area contributed by atoms with E-state index in [-0.39, 0.29) is 12.0 Å². The molecule has 1 amide bonds. The predicted molar refractivity (Wildman–Crippen MR) is 75.1 cm³/mol. The summed E-state index contributed by atoms with van der Waals surface area (Å²) in [6.45, 7) is 9.87. The second kappa shape index (κ2) is 5.78. The maximum atomic E-state index is 11.9. The third-order valence-corrected chi connectivity index (χ3v) is 3.78. The zero-order valence-corrected chi connectivity index (χ0v) is 12.3. The smallest absolute Gasteiger partial charge is 0.249 e. The third-order valence-electron chi connectivity index (χ3n) is 3.78. The molecule has 4 heteroatoms. The van der Waals surface area contributed by atoms with Gasteiger partial charge in [-0.25, -0.2) is 0 Å². The van der Waals surface area contributed by atoms with E-state index in [2.05, 4.69) is 43.6 Å². The van der Waals surface area contributed by atoms with Crippen LogP contribution in [0, 0.1) is 13.8 Å². The Bertz CT molecular complexity index is 457. The van der Waals surface area contributed by atoms with Crippen LogP contribution in [0.1, 0.15) is 49.7 Å². The fraction of sp³-hybridized carbons (Fsp3) is 0.667. The summed E-state index contributed by atoms with van der Waals surface area (Å²) < 4.78 is 7.68. The van der Waals surface area contributed by atoms with Gasteiger partial charge in [-0.2, -0.15) is 0 Å². The molecule has 106 valence electrons. The van der Waals surface area contributed by atoms with Crippen molar-refractivity contribution in [2.75, 3.05) is 6.61 Å². The van der Waals surface area contributed by atoms with Gasteiger partial charge in [-0.15, -0.1) is 0 Å². The van der Waals surface area contributed by atoms with Gasteiger partial charge in [0.15, 0.2) is 0 Å². The highest BCUT2D eigenvalue weighted by Gasteiger charge is 2.23. The topological polar surface area (TPSA) is 43.3 Å². The Hall–Kier alpha value is -1.29. The van der Waals surface area contributed by atoms with Gasteiger partial charge in [-0.1, -0.05) is 0 Å². The van der Waals surface area contributed by atoms with Crippen LogP contribution < -0.4 is 5.32 Å². The Morgan fingerprint density at radius 3 is 2.79 bits per heavy atom. The summed E-state index contributed by atoms with van der Waals surface area (Å²) in [6, 6.07) is 2.60. The number of nitrogens with one attached hydrogen (secondary N) is 1. The van der Waals surface area contributed by atoms with E-state index in [4.69, 9.17) is 4.74 Å². The molecule has 2 rings (SSSR count). The minimum absolute atomic E-state index is 0.0202. The van der Waals surface area contributed by atoms with Gasteiger partial charge in [0.05, 0.1) is 0 Å². The van der Waals surface area contributed by atoms with Gasteiger partial charge in [-0.3, -0.25) is 4.79 Å². The van der Waals surface area contributed by atoms with Gasteiger partial charge in [0.25, 0.3) is 0 Å². The lowest BCUT2D eigenvalue weighted by Gasteiger charge is -2.14. The molecule has 4 nitrogen and oxygen atoms in total. The normalized spacial score (nSPS) is 19.1. The maximum absolute atomic E-state index is 11.9. The Kier molecular flexibility index (Phi) is 4.30. The summed E-state index contributed by atoms with van der Waals surface area (Å²) in [7, 11) is 0. The molecule has 1 fully saturated rings. The van der Waals surface area contributed by atoms with Gasteiger partial charge >= 0.3 is 0 Å². The van der Waals surface area contributed by atoms with E-state index in [0.717, 1.165) is 12.8 Å². The number of hydrogen-bond acceptors (Lipinski definition) is 2. The summed E-state index contributed by atoms with van der Waals surface area (Å²) in [5.41, 5.74) is 3.67. The molecule has 19 heavy (non-hydrogen) atoms. The Labute approximate surface area is 115 Å². The van der Waals surface area contributed by atoms with E-state index < -0.39 is 0 Å². The Morgan fingerprint density at radius 1 is 1.53 bits per heavy atom. The van der Waals surface area contributed by atoms with Crippen LogP contribution in [0.4, 0.5) is 0 Å². The SMILES string of the molecule is Cc1cc(CNC(=O)C2CCCO2)c(C)n1C(C)C. The molecule has 1 unspecified atom stereocenters. The van der Waals surface area contributed by atoms with Gasteiger partial charge in [0.1, 0.15) is 6.10 Å². The lowest BCUT2D eigenvalue weighted by Crippen LogP contribution is -2.33. The zero-order valence-electron chi connectivity index (χ0n) is 12.3. The average Bonchev–Trinajstić information content (AvgIpc) is 2.94. The van der Waals surface area contributed by atoms with Crippen LogP contribution in [0.3, 0.4) is 0 Å². The van der Waals surface area contributed by atoms with Gasteiger partial charge < -0.3 is 14.6 Å². The molecule has 1 aromatic heterocycles. The highest BCUT2D eigenvalue weighted by Crippen LogP contribution is 2.20.